The van der Waals surface area contributed by atoms with Gasteiger partial charge in [0.2, 0.25) is 0 Å². The van der Waals surface area contributed by atoms with Gasteiger partial charge in [-0.2, -0.15) is 0 Å². The molecule has 2 aromatic carbocycles. The molecule has 186 valence electrons. The molecule has 1 N–H and O–H groups in total. The molecule has 0 radical (unpaired) electrons. The van der Waals surface area contributed by atoms with Crippen LogP contribution in [0, 0.1) is 0 Å². The van der Waals surface area contributed by atoms with Crippen molar-refractivity contribution in [2.75, 3.05) is 13.1 Å². The van der Waals surface area contributed by atoms with Gasteiger partial charge in [0.25, 0.3) is 11.5 Å². The highest BCUT2D eigenvalue weighted by Crippen LogP contribution is 2.17. The first kappa shape index (κ1) is 23.2. The Hall–Kier alpha value is -4.23. The fourth-order valence-electron chi connectivity index (χ4n) is 5.27. The number of nitrogens with zero attached hydrogens (tertiary/aromatic N) is 4. The zero-order chi connectivity index (χ0) is 25.2. The smallest absolute Gasteiger partial charge is 0.276 e. The summed E-state index contributed by atoms with van der Waals surface area (Å²) in [5.41, 5.74) is 4.80. The lowest BCUT2D eigenvalue weighted by Gasteiger charge is -2.32. The van der Waals surface area contributed by atoms with E-state index in [-0.39, 0.29) is 17.5 Å². The van der Waals surface area contributed by atoms with Crippen LogP contribution in [0.3, 0.4) is 0 Å². The summed E-state index contributed by atoms with van der Waals surface area (Å²) in [4.78, 5) is 33.3. The van der Waals surface area contributed by atoms with Crippen LogP contribution in [0.5, 0.6) is 0 Å². The van der Waals surface area contributed by atoms with Gasteiger partial charge in [0.05, 0.1) is 12.1 Å². The number of nitrogens with one attached hydrogen (secondary N) is 1. The van der Waals surface area contributed by atoms with E-state index >= 15 is 0 Å². The van der Waals surface area contributed by atoms with Gasteiger partial charge < -0.3 is 9.72 Å². The standard InChI is InChI=1S/C30H29N5O2/c36-29(32-25-13-17-33(18-14-25)20-22-7-2-1-3-8-22)24-10-4-9-23(19-24)21-35-28-26(11-5-15-31-28)34-16-6-12-27(34)30(35)37/h1-12,15-16,19,25H,13-14,17-18,20-21H2,(H,32,36). The summed E-state index contributed by atoms with van der Waals surface area (Å²) in [6.07, 6.45) is 5.44. The number of aromatic nitrogens is 3. The fourth-order valence-corrected chi connectivity index (χ4v) is 5.27. The molecular weight excluding hydrogens is 462 g/mol. The molecule has 0 unspecified atom stereocenters. The van der Waals surface area contributed by atoms with Gasteiger partial charge in [0, 0.05) is 43.6 Å². The van der Waals surface area contributed by atoms with E-state index in [2.05, 4.69) is 39.5 Å². The number of fused-ring (bicyclic) bond motifs is 3. The van der Waals surface area contributed by atoms with E-state index in [0.717, 1.165) is 43.6 Å². The van der Waals surface area contributed by atoms with Gasteiger partial charge in [0.15, 0.2) is 5.65 Å². The van der Waals surface area contributed by atoms with Crippen LogP contribution >= 0.6 is 0 Å². The first-order chi connectivity index (χ1) is 18.2. The molecule has 7 heteroatoms. The maximum Gasteiger partial charge on any atom is 0.276 e. The van der Waals surface area contributed by atoms with Gasteiger partial charge in [-0.05, 0) is 60.4 Å². The van der Waals surface area contributed by atoms with Gasteiger partial charge in [-0.15, -0.1) is 0 Å². The van der Waals surface area contributed by atoms with E-state index in [1.54, 1.807) is 10.8 Å². The number of rotatable bonds is 6. The zero-order valence-corrected chi connectivity index (χ0v) is 20.6. The van der Waals surface area contributed by atoms with Crippen LogP contribution in [-0.2, 0) is 13.1 Å². The molecule has 1 amide bonds. The van der Waals surface area contributed by atoms with Crippen molar-refractivity contribution < 1.29 is 4.79 Å². The predicted octanol–water partition coefficient (Wildman–Crippen LogP) is 4.09. The Bertz CT molecular complexity index is 1610. The molecule has 0 saturated carbocycles. The van der Waals surface area contributed by atoms with Gasteiger partial charge in [-0.1, -0.05) is 42.5 Å². The summed E-state index contributed by atoms with van der Waals surface area (Å²) in [5.74, 6) is -0.0688. The van der Waals surface area contributed by atoms with E-state index in [1.807, 2.05) is 65.2 Å². The van der Waals surface area contributed by atoms with E-state index in [4.69, 9.17) is 0 Å². The van der Waals surface area contributed by atoms with Crippen LogP contribution in [0.1, 0.15) is 34.3 Å². The van der Waals surface area contributed by atoms with E-state index in [1.165, 1.54) is 5.56 Å². The third-order valence-electron chi connectivity index (χ3n) is 7.20. The number of carbonyl (C=O) groups is 1. The van der Waals surface area contributed by atoms with Gasteiger partial charge in [-0.25, -0.2) is 4.98 Å². The van der Waals surface area contributed by atoms with Crippen molar-refractivity contribution in [1.82, 2.24) is 24.2 Å². The Morgan fingerprint density at radius 3 is 2.49 bits per heavy atom. The normalized spacial score (nSPS) is 14.8. The maximum atomic E-state index is 13.3. The monoisotopic (exact) mass is 491 g/mol. The van der Waals surface area contributed by atoms with Gasteiger partial charge >= 0.3 is 0 Å². The second kappa shape index (κ2) is 10.0. The molecule has 1 fully saturated rings. The van der Waals surface area contributed by atoms with Crippen molar-refractivity contribution in [2.45, 2.75) is 32.0 Å². The summed E-state index contributed by atoms with van der Waals surface area (Å²) < 4.78 is 3.56. The molecular formula is C30H29N5O2. The van der Waals surface area contributed by atoms with Crippen molar-refractivity contribution in [3.63, 3.8) is 0 Å². The molecule has 0 atom stereocenters. The maximum absolute atomic E-state index is 13.3. The Morgan fingerprint density at radius 1 is 0.865 bits per heavy atom. The number of hydrogen-bond acceptors (Lipinski definition) is 4. The van der Waals surface area contributed by atoms with Crippen molar-refractivity contribution in [2.24, 2.45) is 0 Å². The second-order valence-electron chi connectivity index (χ2n) is 9.71. The van der Waals surface area contributed by atoms with E-state index in [9.17, 15) is 9.59 Å². The molecule has 0 spiro atoms. The van der Waals surface area contributed by atoms with Crippen molar-refractivity contribution in [3.8, 4) is 0 Å². The Balaban J connectivity index is 1.15. The zero-order valence-electron chi connectivity index (χ0n) is 20.6. The number of benzene rings is 2. The molecule has 4 heterocycles. The lowest BCUT2D eigenvalue weighted by molar-refractivity contribution is 0.0909. The number of hydrogen-bond donors (Lipinski definition) is 1. The average molecular weight is 492 g/mol. The van der Waals surface area contributed by atoms with E-state index in [0.29, 0.717) is 23.3 Å². The summed E-state index contributed by atoms with van der Waals surface area (Å²) >= 11 is 0. The summed E-state index contributed by atoms with van der Waals surface area (Å²) in [5, 5.41) is 3.22. The van der Waals surface area contributed by atoms with Crippen molar-refractivity contribution in [3.05, 3.63) is 118 Å². The average Bonchev–Trinajstić information content (AvgIpc) is 3.44. The van der Waals surface area contributed by atoms with Crippen molar-refractivity contribution in [1.29, 1.82) is 0 Å². The van der Waals surface area contributed by atoms with Crippen LogP contribution in [0.4, 0.5) is 0 Å². The highest BCUT2D eigenvalue weighted by molar-refractivity contribution is 5.94. The minimum atomic E-state index is -0.103. The number of likely N-dealkylation sites (tertiary alicyclic amines) is 1. The molecule has 37 heavy (non-hydrogen) atoms. The third-order valence-corrected chi connectivity index (χ3v) is 7.20. The summed E-state index contributed by atoms with van der Waals surface area (Å²) in [6, 6.07) is 25.7. The first-order valence-corrected chi connectivity index (χ1v) is 12.8. The third kappa shape index (κ3) is 4.78. The molecule has 5 aromatic rings. The lowest BCUT2D eigenvalue weighted by atomic mass is 10.0. The summed E-state index contributed by atoms with van der Waals surface area (Å²) in [7, 11) is 0. The highest BCUT2D eigenvalue weighted by atomic mass is 16.1. The quantitative estimate of drug-likeness (QED) is 0.388. The second-order valence-corrected chi connectivity index (χ2v) is 9.71. The largest absolute Gasteiger partial charge is 0.349 e. The molecule has 6 rings (SSSR count). The van der Waals surface area contributed by atoms with Gasteiger partial charge in [0.1, 0.15) is 5.52 Å². The van der Waals surface area contributed by atoms with Crippen LogP contribution < -0.4 is 10.9 Å². The molecule has 0 bridgehead atoms. The van der Waals surface area contributed by atoms with Crippen LogP contribution in [0.25, 0.3) is 16.7 Å². The molecule has 7 nitrogen and oxygen atoms in total. The Kier molecular flexibility index (Phi) is 6.28. The molecule has 3 aromatic heterocycles. The number of amides is 1. The van der Waals surface area contributed by atoms with Crippen LogP contribution in [0.2, 0.25) is 0 Å². The highest BCUT2D eigenvalue weighted by Gasteiger charge is 2.21. The SMILES string of the molecule is O=C(NC1CCN(Cc2ccccc2)CC1)c1cccc(Cn2c(=O)c3cccn3c3cccnc32)c1. The van der Waals surface area contributed by atoms with E-state index < -0.39 is 0 Å². The van der Waals surface area contributed by atoms with Crippen LogP contribution in [0.15, 0.2) is 96.1 Å². The van der Waals surface area contributed by atoms with Crippen LogP contribution in [-0.4, -0.2) is 43.9 Å². The van der Waals surface area contributed by atoms with Gasteiger partial charge in [-0.3, -0.25) is 19.1 Å². The minimum absolute atomic E-state index is 0.0688. The minimum Gasteiger partial charge on any atom is -0.349 e. The number of carbonyl (C=O) groups excluding carboxylic acids is 1. The fraction of sp³-hybridized carbons (Fsp3) is 0.233. The Labute approximate surface area is 215 Å². The molecule has 0 aliphatic carbocycles. The topological polar surface area (TPSA) is 71.6 Å². The Morgan fingerprint density at radius 2 is 1.65 bits per heavy atom. The number of piperidine rings is 1. The molecule has 1 aliphatic heterocycles. The predicted molar refractivity (Wildman–Crippen MR) is 145 cm³/mol. The molecule has 1 aliphatic rings. The lowest BCUT2D eigenvalue weighted by Crippen LogP contribution is -2.44. The number of pyridine rings is 1. The summed E-state index contributed by atoms with van der Waals surface area (Å²) in [6.45, 7) is 3.21. The van der Waals surface area contributed by atoms with Crippen molar-refractivity contribution >= 4 is 22.6 Å². The first-order valence-electron chi connectivity index (χ1n) is 12.8. The molecule has 1 saturated heterocycles.